The first-order valence-corrected chi connectivity index (χ1v) is 9.25. The zero-order valence-corrected chi connectivity index (χ0v) is 15.5. The highest BCUT2D eigenvalue weighted by molar-refractivity contribution is 6.04. The molecule has 0 radical (unpaired) electrons. The number of nitrogens with one attached hydrogen (secondary N) is 2. The van der Waals surface area contributed by atoms with Crippen molar-refractivity contribution in [1.29, 1.82) is 0 Å². The summed E-state index contributed by atoms with van der Waals surface area (Å²) in [5.74, 6) is -0.537. The van der Waals surface area contributed by atoms with Crippen LogP contribution < -0.4 is 15.4 Å². The Labute approximate surface area is 162 Å². The van der Waals surface area contributed by atoms with E-state index in [9.17, 15) is 14.0 Å². The average Bonchev–Trinajstić information content (AvgIpc) is 2.69. The maximum atomic E-state index is 13.4. The van der Waals surface area contributed by atoms with E-state index in [2.05, 4.69) is 10.6 Å². The van der Waals surface area contributed by atoms with Gasteiger partial charge in [0.1, 0.15) is 5.82 Å². The molecule has 0 aromatic heterocycles. The monoisotopic (exact) mass is 384 g/mol. The first-order chi connectivity index (χ1) is 13.5. The minimum Gasteiger partial charge on any atom is -0.478 e. The molecule has 7 heteroatoms. The fourth-order valence-electron chi connectivity index (χ4n) is 3.67. The van der Waals surface area contributed by atoms with Crippen LogP contribution in [0.1, 0.15) is 35.7 Å². The molecule has 0 saturated carbocycles. The Morgan fingerprint density at radius 1 is 1.18 bits per heavy atom. The van der Waals surface area contributed by atoms with Crippen LogP contribution in [0, 0.1) is 5.82 Å². The van der Waals surface area contributed by atoms with Gasteiger partial charge in [0, 0.05) is 13.2 Å². The second kappa shape index (κ2) is 7.24. The number of anilines is 1. The van der Waals surface area contributed by atoms with Crippen molar-refractivity contribution in [3.05, 3.63) is 59.4 Å². The summed E-state index contributed by atoms with van der Waals surface area (Å²) in [6.07, 6.45) is 0.469. The summed E-state index contributed by atoms with van der Waals surface area (Å²) in [5.41, 5.74) is 0.990. The van der Waals surface area contributed by atoms with Gasteiger partial charge in [-0.05, 0) is 49.6 Å². The lowest BCUT2D eigenvalue weighted by molar-refractivity contribution is -0.122. The number of fused-ring (bicyclic) bond motifs is 1. The number of rotatable bonds is 3. The van der Waals surface area contributed by atoms with Gasteiger partial charge in [-0.3, -0.25) is 9.59 Å². The summed E-state index contributed by atoms with van der Waals surface area (Å²) in [6, 6.07) is 11.2. The molecule has 28 heavy (non-hydrogen) atoms. The Morgan fingerprint density at radius 2 is 1.89 bits per heavy atom. The summed E-state index contributed by atoms with van der Waals surface area (Å²) in [6.45, 7) is 2.62. The minimum atomic E-state index is -0.685. The Morgan fingerprint density at radius 3 is 2.61 bits per heavy atom. The maximum absolute atomic E-state index is 13.4. The minimum absolute atomic E-state index is 0.253. The molecule has 1 fully saturated rings. The summed E-state index contributed by atoms with van der Waals surface area (Å²) < 4.78 is 24.6. The zero-order valence-electron chi connectivity index (χ0n) is 15.5. The molecule has 1 saturated heterocycles. The molecule has 2 N–H and O–H groups in total. The molecule has 2 aromatic carbocycles. The van der Waals surface area contributed by atoms with Gasteiger partial charge in [0.2, 0.25) is 0 Å². The average molecular weight is 384 g/mol. The fraction of sp³-hybridized carbons (Fsp3) is 0.333. The van der Waals surface area contributed by atoms with Gasteiger partial charge in [0.15, 0.2) is 11.9 Å². The largest absolute Gasteiger partial charge is 0.478 e. The molecule has 6 nitrogen and oxygen atoms in total. The number of carbonyl (C=O) groups excluding carboxylic acids is 2. The Hall–Kier alpha value is -2.93. The molecule has 2 amide bonds. The van der Waals surface area contributed by atoms with E-state index in [0.717, 1.165) is 5.56 Å². The normalized spacial score (nSPS) is 20.5. The summed E-state index contributed by atoms with van der Waals surface area (Å²) in [5, 5.41) is 5.88. The second-order valence-electron chi connectivity index (χ2n) is 7.09. The van der Waals surface area contributed by atoms with E-state index in [1.807, 2.05) is 0 Å². The van der Waals surface area contributed by atoms with E-state index < -0.39 is 11.6 Å². The van der Waals surface area contributed by atoms with Crippen LogP contribution in [0.4, 0.5) is 10.1 Å². The first-order valence-electron chi connectivity index (χ1n) is 9.25. The van der Waals surface area contributed by atoms with E-state index in [-0.39, 0.29) is 17.6 Å². The van der Waals surface area contributed by atoms with E-state index in [1.165, 1.54) is 12.1 Å². The topological polar surface area (TPSA) is 76.7 Å². The van der Waals surface area contributed by atoms with Crippen molar-refractivity contribution in [2.24, 2.45) is 0 Å². The van der Waals surface area contributed by atoms with Crippen molar-refractivity contribution in [3.8, 4) is 5.75 Å². The highest BCUT2D eigenvalue weighted by atomic mass is 19.1. The molecular formula is C21H21FN2O4. The summed E-state index contributed by atoms with van der Waals surface area (Å²) in [7, 11) is 0. The number of para-hydroxylation sites is 1. The van der Waals surface area contributed by atoms with Crippen molar-refractivity contribution in [2.75, 3.05) is 18.5 Å². The number of ether oxygens (including phenoxy) is 2. The van der Waals surface area contributed by atoms with Gasteiger partial charge in [-0.1, -0.05) is 18.2 Å². The molecular weight excluding hydrogens is 363 g/mol. The van der Waals surface area contributed by atoms with Crippen molar-refractivity contribution in [1.82, 2.24) is 5.32 Å². The molecule has 4 rings (SSSR count). The van der Waals surface area contributed by atoms with E-state index in [4.69, 9.17) is 9.47 Å². The number of benzene rings is 2. The lowest BCUT2D eigenvalue weighted by atomic mass is 9.82. The van der Waals surface area contributed by atoms with Crippen molar-refractivity contribution in [3.63, 3.8) is 0 Å². The van der Waals surface area contributed by atoms with Gasteiger partial charge in [0.25, 0.3) is 11.8 Å². The van der Waals surface area contributed by atoms with Crippen LogP contribution in [0.2, 0.25) is 0 Å². The van der Waals surface area contributed by atoms with Gasteiger partial charge >= 0.3 is 0 Å². The molecule has 0 spiro atoms. The Balaban J connectivity index is 1.67. The highest BCUT2D eigenvalue weighted by Crippen LogP contribution is 2.36. The fourth-order valence-corrected chi connectivity index (χ4v) is 3.67. The zero-order chi connectivity index (χ0) is 19.7. The molecule has 2 aromatic rings. The summed E-state index contributed by atoms with van der Waals surface area (Å²) >= 11 is 0. The Kier molecular flexibility index (Phi) is 4.77. The number of hydrogen-bond donors (Lipinski definition) is 2. The van der Waals surface area contributed by atoms with Crippen LogP contribution in [0.3, 0.4) is 0 Å². The van der Waals surface area contributed by atoms with E-state index in [1.54, 1.807) is 37.3 Å². The maximum Gasteiger partial charge on any atom is 0.265 e. The van der Waals surface area contributed by atoms with Crippen molar-refractivity contribution in [2.45, 2.75) is 31.4 Å². The van der Waals surface area contributed by atoms with Gasteiger partial charge in [-0.25, -0.2) is 4.39 Å². The SMILES string of the molecule is CC1Oc2c(cccc2C(=O)NC2(c3ccc(F)cc3)CCOCC2)NC1=O. The molecule has 1 unspecified atom stereocenters. The van der Waals surface area contributed by atoms with Gasteiger partial charge in [-0.2, -0.15) is 0 Å². The predicted molar refractivity (Wildman–Crippen MR) is 101 cm³/mol. The standard InChI is InChI=1S/C21H21FN2O4/c1-13-19(25)23-17-4-2-3-16(18(17)28-13)20(26)24-21(9-11-27-12-10-21)14-5-7-15(22)8-6-14/h2-8,13H,9-12H2,1H3,(H,23,25)(H,24,26). The molecule has 2 heterocycles. The van der Waals surface area contributed by atoms with Crippen LogP contribution in [-0.4, -0.2) is 31.1 Å². The van der Waals surface area contributed by atoms with Gasteiger partial charge in [0.05, 0.1) is 16.8 Å². The van der Waals surface area contributed by atoms with E-state index >= 15 is 0 Å². The first kappa shape index (κ1) is 18.4. The lowest BCUT2D eigenvalue weighted by Crippen LogP contribution is -2.49. The second-order valence-corrected chi connectivity index (χ2v) is 7.09. The van der Waals surface area contributed by atoms with E-state index in [0.29, 0.717) is 43.1 Å². The molecule has 1 atom stereocenters. The highest BCUT2D eigenvalue weighted by Gasteiger charge is 2.37. The van der Waals surface area contributed by atoms with Crippen molar-refractivity contribution >= 4 is 17.5 Å². The van der Waals surface area contributed by atoms with Gasteiger partial charge < -0.3 is 20.1 Å². The molecule has 2 aliphatic heterocycles. The number of carbonyl (C=O) groups is 2. The van der Waals surface area contributed by atoms with Gasteiger partial charge in [-0.15, -0.1) is 0 Å². The summed E-state index contributed by atoms with van der Waals surface area (Å²) in [4.78, 5) is 25.0. The number of hydrogen-bond acceptors (Lipinski definition) is 4. The quantitative estimate of drug-likeness (QED) is 0.853. The molecule has 0 bridgehead atoms. The molecule has 146 valence electrons. The van der Waals surface area contributed by atoms with Crippen LogP contribution >= 0.6 is 0 Å². The lowest BCUT2D eigenvalue weighted by Gasteiger charge is -2.39. The number of amides is 2. The molecule has 0 aliphatic carbocycles. The van der Waals surface area contributed by atoms with Crippen LogP contribution in [-0.2, 0) is 15.1 Å². The third kappa shape index (κ3) is 3.33. The third-order valence-corrected chi connectivity index (χ3v) is 5.28. The van der Waals surface area contributed by atoms with Crippen molar-refractivity contribution < 1.29 is 23.5 Å². The molecule has 2 aliphatic rings. The van der Waals surface area contributed by atoms with Crippen LogP contribution in [0.25, 0.3) is 0 Å². The smallest absolute Gasteiger partial charge is 0.265 e. The van der Waals surface area contributed by atoms with Crippen LogP contribution in [0.5, 0.6) is 5.75 Å². The Bertz CT molecular complexity index is 907. The predicted octanol–water partition coefficient (Wildman–Crippen LogP) is 2.98. The van der Waals surface area contributed by atoms with Crippen LogP contribution in [0.15, 0.2) is 42.5 Å². The third-order valence-electron chi connectivity index (χ3n) is 5.28. The number of halogens is 1.